The average molecular weight is 483 g/mol. The van der Waals surface area contributed by atoms with Crippen molar-refractivity contribution in [2.24, 2.45) is 0 Å². The van der Waals surface area contributed by atoms with Gasteiger partial charge in [0.15, 0.2) is 0 Å². The van der Waals surface area contributed by atoms with E-state index in [9.17, 15) is 0 Å². The van der Waals surface area contributed by atoms with Crippen LogP contribution in [0.4, 0.5) is 0 Å². The summed E-state index contributed by atoms with van der Waals surface area (Å²) in [6.45, 7) is 13.9. The van der Waals surface area contributed by atoms with Gasteiger partial charge in [0, 0.05) is 42.1 Å². The highest BCUT2D eigenvalue weighted by molar-refractivity contribution is 7.17. The smallest absolute Gasteiger partial charge is 0.129 e. The molecule has 0 aliphatic heterocycles. The van der Waals surface area contributed by atoms with Gasteiger partial charge >= 0.3 is 0 Å². The largest absolute Gasteiger partial charge is 0.144 e. The lowest BCUT2D eigenvalue weighted by Crippen LogP contribution is -2.16. The molecule has 0 unspecified atom stereocenters. The van der Waals surface area contributed by atoms with Crippen molar-refractivity contribution < 1.29 is 0 Å². The van der Waals surface area contributed by atoms with E-state index < -0.39 is 16.1 Å². The topological polar surface area (TPSA) is 0 Å². The fourth-order valence-corrected chi connectivity index (χ4v) is 6.66. The third-order valence-electron chi connectivity index (χ3n) is 5.43. The minimum absolute atomic E-state index is 1.17. The van der Waals surface area contributed by atoms with Gasteiger partial charge in [-0.2, -0.15) is 0 Å². The zero-order chi connectivity index (χ0) is 22.7. The Morgan fingerprint density at radius 3 is 1.31 bits per heavy atom. The first-order valence-electron chi connectivity index (χ1n) is 10.9. The molecule has 3 aromatic carbocycles. The molecule has 5 aromatic rings. The SMILES string of the molecule is C[Si](C)(C)C#Cc1c2ccc3sccc3c2c(C#C[Si](C)(C)C)c2ccc3sccc3c12. The van der Waals surface area contributed by atoms with Crippen molar-refractivity contribution in [3.05, 3.63) is 58.3 Å². The zero-order valence-electron chi connectivity index (χ0n) is 19.4. The molecule has 0 saturated heterocycles. The molecule has 4 heteroatoms. The number of rotatable bonds is 0. The van der Waals surface area contributed by atoms with Crippen molar-refractivity contribution in [3.8, 4) is 22.9 Å². The Hall–Kier alpha value is -2.35. The summed E-state index contributed by atoms with van der Waals surface area (Å²) >= 11 is 3.60. The predicted octanol–water partition coefficient (Wildman–Crippen LogP) is 8.88. The van der Waals surface area contributed by atoms with Gasteiger partial charge in [0.1, 0.15) is 16.1 Å². The Balaban J connectivity index is 2.09. The second-order valence-electron chi connectivity index (χ2n) is 10.4. The van der Waals surface area contributed by atoms with E-state index in [0.29, 0.717) is 0 Å². The number of benzene rings is 3. The highest BCUT2D eigenvalue weighted by Crippen LogP contribution is 2.41. The van der Waals surface area contributed by atoms with Gasteiger partial charge < -0.3 is 0 Å². The van der Waals surface area contributed by atoms with Gasteiger partial charge in [-0.05, 0) is 45.8 Å². The number of hydrogen-bond donors (Lipinski definition) is 0. The van der Waals surface area contributed by atoms with Crippen molar-refractivity contribution in [1.82, 2.24) is 0 Å². The van der Waals surface area contributed by atoms with Gasteiger partial charge in [0.25, 0.3) is 0 Å². The Kier molecular flexibility index (Phi) is 5.11. The minimum Gasteiger partial charge on any atom is -0.144 e. The lowest BCUT2D eigenvalue weighted by Gasteiger charge is -2.14. The van der Waals surface area contributed by atoms with Crippen LogP contribution in [0.1, 0.15) is 11.1 Å². The van der Waals surface area contributed by atoms with E-state index >= 15 is 0 Å². The molecule has 32 heavy (non-hydrogen) atoms. The van der Waals surface area contributed by atoms with Crippen molar-refractivity contribution in [2.75, 3.05) is 0 Å². The van der Waals surface area contributed by atoms with Crippen LogP contribution in [0.3, 0.4) is 0 Å². The van der Waals surface area contributed by atoms with Gasteiger partial charge in [0.2, 0.25) is 0 Å². The van der Waals surface area contributed by atoms with Crippen LogP contribution >= 0.6 is 22.7 Å². The minimum atomic E-state index is -1.54. The van der Waals surface area contributed by atoms with E-state index in [-0.39, 0.29) is 0 Å². The molecule has 0 amide bonds. The summed E-state index contributed by atoms with van der Waals surface area (Å²) in [5.74, 6) is 7.38. The standard InChI is InChI=1S/C28H26S2Si2/c1-31(2,3)17-13-21-19-7-9-26-24(12-16-30-26)28(19)22(14-18-32(4,5)6)20-8-10-25-23(27(20)21)11-15-29-25/h7-12,15-16H,1-6H3. The third-order valence-corrected chi connectivity index (χ3v) is 8.95. The first-order chi connectivity index (χ1) is 15.1. The van der Waals surface area contributed by atoms with Crippen molar-refractivity contribution >= 4 is 80.5 Å². The maximum Gasteiger partial charge on any atom is 0.129 e. The summed E-state index contributed by atoms with van der Waals surface area (Å²) < 4.78 is 2.63. The predicted molar refractivity (Wildman–Crippen MR) is 153 cm³/mol. The maximum absolute atomic E-state index is 3.69. The van der Waals surface area contributed by atoms with Crippen LogP contribution in [0.25, 0.3) is 41.7 Å². The molecule has 0 fully saturated rings. The molecule has 0 radical (unpaired) electrons. The van der Waals surface area contributed by atoms with Gasteiger partial charge in [-0.15, -0.1) is 33.8 Å². The maximum atomic E-state index is 3.69. The Morgan fingerprint density at radius 2 is 0.938 bits per heavy atom. The molecule has 158 valence electrons. The van der Waals surface area contributed by atoms with E-state index in [0.717, 1.165) is 0 Å². The molecule has 0 spiro atoms. The monoisotopic (exact) mass is 482 g/mol. The Bertz CT molecular complexity index is 1520. The highest BCUT2D eigenvalue weighted by Gasteiger charge is 2.19. The van der Waals surface area contributed by atoms with Gasteiger partial charge in [0.05, 0.1) is 0 Å². The van der Waals surface area contributed by atoms with E-state index in [1.165, 1.54) is 52.8 Å². The molecule has 5 rings (SSSR count). The molecule has 0 aliphatic rings. The molecule has 2 aromatic heterocycles. The lowest BCUT2D eigenvalue weighted by atomic mass is 9.89. The van der Waals surface area contributed by atoms with Crippen LogP contribution in [0.5, 0.6) is 0 Å². The molecule has 0 nitrogen and oxygen atoms in total. The first kappa shape index (κ1) is 21.5. The van der Waals surface area contributed by atoms with E-state index in [1.807, 2.05) is 0 Å². The van der Waals surface area contributed by atoms with E-state index in [1.54, 1.807) is 22.7 Å². The number of hydrogen-bond acceptors (Lipinski definition) is 2. The Labute approximate surface area is 200 Å². The summed E-state index contributed by atoms with van der Waals surface area (Å²) in [6.07, 6.45) is 0. The Morgan fingerprint density at radius 1 is 0.531 bits per heavy atom. The fraction of sp³-hybridized carbons (Fsp3) is 0.214. The molecule has 0 saturated carbocycles. The summed E-state index contributed by atoms with van der Waals surface area (Å²) in [6, 6.07) is 13.6. The van der Waals surface area contributed by atoms with Crippen molar-refractivity contribution in [3.63, 3.8) is 0 Å². The summed E-state index contributed by atoms with van der Waals surface area (Å²) in [7, 11) is -3.08. The molecule has 2 heterocycles. The molecular formula is C28H26S2Si2. The van der Waals surface area contributed by atoms with Gasteiger partial charge in [-0.3, -0.25) is 0 Å². The van der Waals surface area contributed by atoms with E-state index in [4.69, 9.17) is 0 Å². The quantitative estimate of drug-likeness (QED) is 0.117. The molecule has 0 bridgehead atoms. The van der Waals surface area contributed by atoms with Gasteiger partial charge in [-0.1, -0.05) is 63.3 Å². The molecule has 0 N–H and O–H groups in total. The number of fused-ring (bicyclic) bond motifs is 6. The van der Waals surface area contributed by atoms with Crippen LogP contribution in [-0.2, 0) is 0 Å². The van der Waals surface area contributed by atoms with Crippen LogP contribution in [0.2, 0.25) is 39.3 Å². The average Bonchev–Trinajstić information content (AvgIpc) is 3.37. The number of thiophene rings is 2. The lowest BCUT2D eigenvalue weighted by molar-refractivity contribution is 1.77. The summed E-state index contributed by atoms with van der Waals surface area (Å²) in [5.41, 5.74) is 9.67. The highest BCUT2D eigenvalue weighted by atomic mass is 32.1. The summed E-state index contributed by atoms with van der Waals surface area (Å²) in [5, 5.41) is 12.0. The molecular weight excluding hydrogens is 457 g/mol. The van der Waals surface area contributed by atoms with Crippen LogP contribution in [-0.4, -0.2) is 16.1 Å². The van der Waals surface area contributed by atoms with Crippen LogP contribution < -0.4 is 0 Å². The van der Waals surface area contributed by atoms with Crippen LogP contribution in [0, 0.1) is 22.9 Å². The third kappa shape index (κ3) is 3.83. The van der Waals surface area contributed by atoms with Gasteiger partial charge in [-0.25, -0.2) is 0 Å². The van der Waals surface area contributed by atoms with Crippen molar-refractivity contribution in [2.45, 2.75) is 39.3 Å². The molecule has 0 atom stereocenters. The van der Waals surface area contributed by atoms with Crippen LogP contribution in [0.15, 0.2) is 47.2 Å². The zero-order valence-corrected chi connectivity index (χ0v) is 23.1. The molecule has 0 aliphatic carbocycles. The fourth-order valence-electron chi connectivity index (χ4n) is 4.07. The first-order valence-corrected chi connectivity index (χ1v) is 19.7. The summed E-state index contributed by atoms with van der Waals surface area (Å²) in [4.78, 5) is 0. The second kappa shape index (κ2) is 7.61. The van der Waals surface area contributed by atoms with E-state index in [2.05, 4.69) is 109 Å². The van der Waals surface area contributed by atoms with Crippen molar-refractivity contribution in [1.29, 1.82) is 0 Å². The second-order valence-corrected chi connectivity index (χ2v) is 21.8. The normalized spacial score (nSPS) is 12.2.